The van der Waals surface area contributed by atoms with Gasteiger partial charge in [0.15, 0.2) is 12.4 Å². The Labute approximate surface area is 139 Å². The molecular weight excluding hydrogens is 316 g/mol. The molecule has 1 amide bonds. The topological polar surface area (TPSA) is 110 Å². The summed E-state index contributed by atoms with van der Waals surface area (Å²) in [6, 6.07) is 3.42. The van der Waals surface area contributed by atoms with Gasteiger partial charge in [-0.1, -0.05) is 19.3 Å². The Hall–Kier alpha value is -2.64. The standard InChI is InChI=1S/C16H20N2O6/c1-17(12-5-3-2-4-6-12)15(19)10-24-14-9-11(16(20)21)7-8-13(14)18(22)23/h7-9,12H,2-6,10H2,1H3,(H,20,21). The maximum atomic E-state index is 12.2. The lowest BCUT2D eigenvalue weighted by Crippen LogP contribution is -2.40. The minimum atomic E-state index is -1.22. The number of carbonyl (C=O) groups excluding carboxylic acids is 1. The van der Waals surface area contributed by atoms with Gasteiger partial charge >= 0.3 is 11.7 Å². The highest BCUT2D eigenvalue weighted by molar-refractivity contribution is 5.88. The minimum Gasteiger partial charge on any atom is -0.478 e. The van der Waals surface area contributed by atoms with E-state index >= 15 is 0 Å². The van der Waals surface area contributed by atoms with Crippen LogP contribution in [0.1, 0.15) is 42.5 Å². The van der Waals surface area contributed by atoms with Gasteiger partial charge in [-0.3, -0.25) is 14.9 Å². The van der Waals surface area contributed by atoms with Crippen LogP contribution in [-0.4, -0.2) is 46.5 Å². The number of hydrogen-bond acceptors (Lipinski definition) is 5. The summed E-state index contributed by atoms with van der Waals surface area (Å²) < 4.78 is 5.27. The summed E-state index contributed by atoms with van der Waals surface area (Å²) in [6.07, 6.45) is 5.21. The Morgan fingerprint density at radius 2 is 2.00 bits per heavy atom. The van der Waals surface area contributed by atoms with Gasteiger partial charge in [-0.25, -0.2) is 4.79 Å². The van der Waals surface area contributed by atoms with Gasteiger partial charge in [0, 0.05) is 25.2 Å². The summed E-state index contributed by atoms with van der Waals surface area (Å²) in [5.74, 6) is -1.72. The zero-order chi connectivity index (χ0) is 17.7. The van der Waals surface area contributed by atoms with E-state index in [0.29, 0.717) is 0 Å². The normalized spacial score (nSPS) is 14.9. The highest BCUT2D eigenvalue weighted by Crippen LogP contribution is 2.28. The first-order valence-electron chi connectivity index (χ1n) is 7.80. The summed E-state index contributed by atoms with van der Waals surface area (Å²) in [6.45, 7) is -0.364. The van der Waals surface area contributed by atoms with Crippen molar-refractivity contribution in [1.82, 2.24) is 4.90 Å². The van der Waals surface area contributed by atoms with E-state index in [1.807, 2.05) is 0 Å². The number of carboxylic acids is 1. The zero-order valence-electron chi connectivity index (χ0n) is 13.4. The molecule has 1 aromatic carbocycles. The average molecular weight is 336 g/mol. The summed E-state index contributed by atoms with van der Waals surface area (Å²) in [5.41, 5.74) is -0.503. The monoisotopic (exact) mass is 336 g/mol. The summed E-state index contributed by atoms with van der Waals surface area (Å²) in [4.78, 5) is 35.2. The number of amides is 1. The lowest BCUT2D eigenvalue weighted by molar-refractivity contribution is -0.385. The summed E-state index contributed by atoms with van der Waals surface area (Å²) in [5, 5.41) is 20.0. The fourth-order valence-corrected chi connectivity index (χ4v) is 2.83. The Kier molecular flexibility index (Phi) is 5.73. The van der Waals surface area contributed by atoms with E-state index in [1.165, 1.54) is 6.42 Å². The van der Waals surface area contributed by atoms with Crippen LogP contribution in [0.25, 0.3) is 0 Å². The molecule has 0 bridgehead atoms. The molecule has 24 heavy (non-hydrogen) atoms. The third-order valence-electron chi connectivity index (χ3n) is 4.27. The Balaban J connectivity index is 2.06. The van der Waals surface area contributed by atoms with Crippen LogP contribution < -0.4 is 4.74 Å². The largest absolute Gasteiger partial charge is 0.478 e. The molecule has 0 radical (unpaired) electrons. The number of carboxylic acid groups (broad SMARTS) is 1. The molecule has 0 saturated heterocycles. The molecule has 8 heteroatoms. The molecule has 1 aromatic rings. The molecule has 2 rings (SSSR count). The molecule has 0 spiro atoms. The van der Waals surface area contributed by atoms with Gasteiger partial charge in [-0.15, -0.1) is 0 Å². The summed E-state index contributed by atoms with van der Waals surface area (Å²) in [7, 11) is 1.70. The lowest BCUT2D eigenvalue weighted by atomic mass is 9.94. The highest BCUT2D eigenvalue weighted by Gasteiger charge is 2.24. The van der Waals surface area contributed by atoms with Crippen molar-refractivity contribution in [2.45, 2.75) is 38.1 Å². The molecule has 0 heterocycles. The van der Waals surface area contributed by atoms with Crippen LogP contribution in [0.15, 0.2) is 18.2 Å². The fourth-order valence-electron chi connectivity index (χ4n) is 2.83. The molecule has 1 saturated carbocycles. The van der Waals surface area contributed by atoms with E-state index in [4.69, 9.17) is 9.84 Å². The summed E-state index contributed by atoms with van der Waals surface area (Å²) >= 11 is 0. The first-order valence-corrected chi connectivity index (χ1v) is 7.80. The third kappa shape index (κ3) is 4.21. The molecule has 0 aromatic heterocycles. The number of aromatic carboxylic acids is 1. The second-order valence-corrected chi connectivity index (χ2v) is 5.83. The molecule has 0 atom stereocenters. The number of benzene rings is 1. The number of nitrogens with zero attached hydrogens (tertiary/aromatic N) is 2. The minimum absolute atomic E-state index is 0.135. The van der Waals surface area contributed by atoms with Crippen LogP contribution in [-0.2, 0) is 4.79 Å². The van der Waals surface area contributed by atoms with Crippen molar-refractivity contribution in [1.29, 1.82) is 0 Å². The van der Waals surface area contributed by atoms with Crippen molar-refractivity contribution in [3.63, 3.8) is 0 Å². The predicted octanol–water partition coefficient (Wildman–Crippen LogP) is 2.46. The third-order valence-corrected chi connectivity index (χ3v) is 4.27. The highest BCUT2D eigenvalue weighted by atomic mass is 16.6. The lowest BCUT2D eigenvalue weighted by Gasteiger charge is -2.31. The quantitative estimate of drug-likeness (QED) is 0.631. The molecule has 8 nitrogen and oxygen atoms in total. The van der Waals surface area contributed by atoms with Crippen molar-refractivity contribution in [3.05, 3.63) is 33.9 Å². The smallest absolute Gasteiger partial charge is 0.335 e. The molecule has 1 N–H and O–H groups in total. The molecule has 0 aliphatic heterocycles. The number of nitro benzene ring substituents is 1. The Bertz CT molecular complexity index is 639. The van der Waals surface area contributed by atoms with E-state index in [9.17, 15) is 19.7 Å². The molecule has 130 valence electrons. The van der Waals surface area contributed by atoms with Gasteiger partial charge in [-0.05, 0) is 18.9 Å². The number of hydrogen-bond donors (Lipinski definition) is 1. The Morgan fingerprint density at radius 3 is 2.58 bits per heavy atom. The first kappa shape index (κ1) is 17.7. The van der Waals surface area contributed by atoms with Crippen LogP contribution in [0.5, 0.6) is 5.75 Å². The van der Waals surface area contributed by atoms with Crippen LogP contribution in [0.2, 0.25) is 0 Å². The van der Waals surface area contributed by atoms with Crippen LogP contribution >= 0.6 is 0 Å². The Morgan fingerprint density at radius 1 is 1.33 bits per heavy atom. The number of carbonyl (C=O) groups is 2. The van der Waals surface area contributed by atoms with Crippen molar-refractivity contribution < 1.29 is 24.4 Å². The number of likely N-dealkylation sites (N-methyl/N-ethyl adjacent to an activating group) is 1. The number of rotatable bonds is 6. The molecule has 1 fully saturated rings. The maximum absolute atomic E-state index is 12.2. The van der Waals surface area contributed by atoms with E-state index < -0.39 is 10.9 Å². The van der Waals surface area contributed by atoms with Gasteiger partial charge in [-0.2, -0.15) is 0 Å². The van der Waals surface area contributed by atoms with Gasteiger partial charge in [0.05, 0.1) is 10.5 Å². The van der Waals surface area contributed by atoms with Gasteiger partial charge in [0.25, 0.3) is 5.91 Å². The number of nitro groups is 1. The second-order valence-electron chi connectivity index (χ2n) is 5.83. The average Bonchev–Trinajstić information content (AvgIpc) is 2.59. The van der Waals surface area contributed by atoms with E-state index in [0.717, 1.165) is 43.9 Å². The second kappa shape index (κ2) is 7.76. The predicted molar refractivity (Wildman–Crippen MR) is 85.2 cm³/mol. The fraction of sp³-hybridized carbons (Fsp3) is 0.500. The van der Waals surface area contributed by atoms with Crippen LogP contribution in [0.3, 0.4) is 0 Å². The molecule has 1 aliphatic rings. The van der Waals surface area contributed by atoms with Crippen molar-refractivity contribution in [3.8, 4) is 5.75 Å². The van der Waals surface area contributed by atoms with E-state index in [2.05, 4.69) is 0 Å². The van der Waals surface area contributed by atoms with E-state index in [-0.39, 0.29) is 35.6 Å². The van der Waals surface area contributed by atoms with Gasteiger partial charge in [0.2, 0.25) is 0 Å². The molecule has 0 unspecified atom stereocenters. The van der Waals surface area contributed by atoms with E-state index in [1.54, 1.807) is 11.9 Å². The first-order chi connectivity index (χ1) is 11.4. The van der Waals surface area contributed by atoms with Gasteiger partial charge in [0.1, 0.15) is 0 Å². The maximum Gasteiger partial charge on any atom is 0.335 e. The number of ether oxygens (including phenoxy) is 1. The van der Waals surface area contributed by atoms with Crippen molar-refractivity contribution >= 4 is 17.6 Å². The van der Waals surface area contributed by atoms with Crippen LogP contribution in [0, 0.1) is 10.1 Å². The van der Waals surface area contributed by atoms with Gasteiger partial charge < -0.3 is 14.7 Å². The SMILES string of the molecule is CN(C(=O)COc1cc(C(=O)O)ccc1[N+](=O)[O-])C1CCCCC1. The molecule has 1 aliphatic carbocycles. The van der Waals surface area contributed by atoms with Crippen LogP contribution in [0.4, 0.5) is 5.69 Å². The van der Waals surface area contributed by atoms with Crippen molar-refractivity contribution in [2.75, 3.05) is 13.7 Å². The molecular formula is C16H20N2O6. The zero-order valence-corrected chi connectivity index (χ0v) is 13.4. The van der Waals surface area contributed by atoms with Crippen molar-refractivity contribution in [2.24, 2.45) is 0 Å².